The molecule has 0 atom stereocenters. The lowest BCUT2D eigenvalue weighted by Crippen LogP contribution is -2.49. The van der Waals surface area contributed by atoms with Crippen molar-refractivity contribution in [1.29, 1.82) is 0 Å². The van der Waals surface area contributed by atoms with Crippen molar-refractivity contribution < 1.29 is 13.9 Å². The number of ether oxygens (including phenoxy) is 1. The first-order valence-corrected chi connectivity index (χ1v) is 11.4. The quantitative estimate of drug-likeness (QED) is 0.442. The average molecular weight is 444 g/mol. The van der Waals surface area contributed by atoms with Gasteiger partial charge in [-0.3, -0.25) is 4.79 Å². The van der Waals surface area contributed by atoms with Gasteiger partial charge >= 0.3 is 0 Å². The van der Waals surface area contributed by atoms with Crippen LogP contribution >= 0.6 is 0 Å². The number of hydrogen-bond acceptors (Lipinski definition) is 4. The summed E-state index contributed by atoms with van der Waals surface area (Å²) in [4.78, 5) is 17.8. The Hall–Kier alpha value is -3.67. The molecule has 0 spiro atoms. The fourth-order valence-electron chi connectivity index (χ4n) is 4.59. The van der Waals surface area contributed by atoms with Gasteiger partial charge in [-0.1, -0.05) is 42.0 Å². The van der Waals surface area contributed by atoms with Crippen LogP contribution in [-0.2, 0) is 6.54 Å². The van der Waals surface area contributed by atoms with Gasteiger partial charge in [0.25, 0.3) is 5.91 Å². The van der Waals surface area contributed by atoms with E-state index in [2.05, 4.69) is 46.7 Å². The molecule has 3 heterocycles. The Morgan fingerprint density at radius 1 is 0.970 bits per heavy atom. The summed E-state index contributed by atoms with van der Waals surface area (Å²) in [5.41, 5.74) is 5.85. The molecule has 1 amide bonds. The monoisotopic (exact) mass is 443 g/mol. The maximum Gasteiger partial charge on any atom is 0.270 e. The van der Waals surface area contributed by atoms with Crippen molar-refractivity contribution in [2.45, 2.75) is 20.4 Å². The molecule has 6 nitrogen and oxygen atoms in total. The van der Waals surface area contributed by atoms with E-state index >= 15 is 0 Å². The van der Waals surface area contributed by atoms with Gasteiger partial charge in [-0.2, -0.15) is 0 Å². The second-order valence-electron chi connectivity index (χ2n) is 8.66. The number of carbonyl (C=O) groups is 1. The summed E-state index contributed by atoms with van der Waals surface area (Å²) in [5, 5.41) is 0. The maximum absolute atomic E-state index is 13.6. The normalized spacial score (nSPS) is 14.2. The first-order valence-electron chi connectivity index (χ1n) is 11.4. The Kier molecular flexibility index (Phi) is 5.58. The summed E-state index contributed by atoms with van der Waals surface area (Å²) < 4.78 is 13.5. The number of amides is 1. The molecular formula is C27H29N3O3. The number of nitrogens with zero attached hydrogens (tertiary/aromatic N) is 3. The molecule has 170 valence electrons. The zero-order chi connectivity index (χ0) is 22.9. The van der Waals surface area contributed by atoms with Crippen molar-refractivity contribution in [3.63, 3.8) is 0 Å². The van der Waals surface area contributed by atoms with Crippen LogP contribution in [0, 0.1) is 13.8 Å². The third-order valence-corrected chi connectivity index (χ3v) is 6.39. The number of benzene rings is 2. The lowest BCUT2D eigenvalue weighted by Gasteiger charge is -2.36. The molecule has 0 radical (unpaired) electrons. The highest BCUT2D eigenvalue weighted by Crippen LogP contribution is 2.30. The SMILES string of the molecule is COc1ccccc1N1CCN(C(=O)c2cc3oc(C)cc3n2Cc2ccc(C)cc2)CC1. The summed E-state index contributed by atoms with van der Waals surface area (Å²) in [7, 11) is 1.69. The number of furan rings is 1. The van der Waals surface area contributed by atoms with Gasteiger partial charge in [0.15, 0.2) is 5.58 Å². The Morgan fingerprint density at radius 3 is 2.42 bits per heavy atom. The van der Waals surface area contributed by atoms with Crippen LogP contribution in [0.3, 0.4) is 0 Å². The van der Waals surface area contributed by atoms with Crippen LogP contribution in [0.1, 0.15) is 27.4 Å². The average Bonchev–Trinajstić information content (AvgIpc) is 3.36. The predicted octanol–water partition coefficient (Wildman–Crippen LogP) is 4.87. The van der Waals surface area contributed by atoms with Gasteiger partial charge in [-0.25, -0.2) is 0 Å². The summed E-state index contributed by atoms with van der Waals surface area (Å²) in [6, 6.07) is 20.4. The molecular weight excluding hydrogens is 414 g/mol. The van der Waals surface area contributed by atoms with Crippen molar-refractivity contribution in [2.24, 2.45) is 0 Å². The van der Waals surface area contributed by atoms with E-state index in [1.54, 1.807) is 7.11 Å². The van der Waals surface area contributed by atoms with E-state index in [1.807, 2.05) is 42.2 Å². The van der Waals surface area contributed by atoms with Gasteiger partial charge in [-0.05, 0) is 31.5 Å². The van der Waals surface area contributed by atoms with E-state index in [1.165, 1.54) is 5.56 Å². The largest absolute Gasteiger partial charge is 0.495 e. The molecule has 1 aliphatic heterocycles. The minimum absolute atomic E-state index is 0.0471. The number of aromatic nitrogens is 1. The molecule has 0 saturated carbocycles. The number of anilines is 1. The number of piperazine rings is 1. The second-order valence-corrected chi connectivity index (χ2v) is 8.66. The van der Waals surface area contributed by atoms with Crippen molar-refractivity contribution in [2.75, 3.05) is 38.2 Å². The molecule has 0 aliphatic carbocycles. The molecule has 6 heteroatoms. The first kappa shape index (κ1) is 21.2. The molecule has 33 heavy (non-hydrogen) atoms. The fraction of sp³-hybridized carbons (Fsp3) is 0.296. The van der Waals surface area contributed by atoms with Crippen LogP contribution < -0.4 is 9.64 Å². The van der Waals surface area contributed by atoms with E-state index in [-0.39, 0.29) is 5.91 Å². The molecule has 0 unspecified atom stereocenters. The van der Waals surface area contributed by atoms with Crippen molar-refractivity contribution in [1.82, 2.24) is 9.47 Å². The zero-order valence-corrected chi connectivity index (χ0v) is 19.4. The number of carbonyl (C=O) groups excluding carboxylic acids is 1. The lowest BCUT2D eigenvalue weighted by molar-refractivity contribution is 0.0736. The van der Waals surface area contributed by atoms with E-state index in [0.29, 0.717) is 25.3 Å². The van der Waals surface area contributed by atoms with E-state index in [4.69, 9.17) is 9.15 Å². The summed E-state index contributed by atoms with van der Waals surface area (Å²) in [6.45, 7) is 7.50. The van der Waals surface area contributed by atoms with Crippen molar-refractivity contribution in [3.05, 3.63) is 83.2 Å². The highest BCUT2D eigenvalue weighted by molar-refractivity contribution is 5.98. The molecule has 2 aromatic heterocycles. The third-order valence-electron chi connectivity index (χ3n) is 6.39. The molecule has 2 aromatic carbocycles. The molecule has 0 N–H and O–H groups in total. The van der Waals surface area contributed by atoms with Crippen LogP contribution in [0.2, 0.25) is 0 Å². The van der Waals surface area contributed by atoms with Crippen LogP contribution in [0.25, 0.3) is 11.1 Å². The Balaban J connectivity index is 1.38. The smallest absolute Gasteiger partial charge is 0.270 e. The van der Waals surface area contributed by atoms with Crippen molar-refractivity contribution in [3.8, 4) is 5.75 Å². The number of methoxy groups -OCH3 is 1. The molecule has 1 aliphatic rings. The van der Waals surface area contributed by atoms with Gasteiger partial charge in [0.2, 0.25) is 0 Å². The zero-order valence-electron chi connectivity index (χ0n) is 19.4. The molecule has 1 fully saturated rings. The highest BCUT2D eigenvalue weighted by Gasteiger charge is 2.27. The number of aryl methyl sites for hydroxylation is 2. The molecule has 5 rings (SSSR count). The second kappa shape index (κ2) is 8.70. The highest BCUT2D eigenvalue weighted by atomic mass is 16.5. The molecule has 0 bridgehead atoms. The van der Waals surface area contributed by atoms with Crippen LogP contribution in [0.5, 0.6) is 5.75 Å². The van der Waals surface area contributed by atoms with E-state index < -0.39 is 0 Å². The van der Waals surface area contributed by atoms with E-state index in [9.17, 15) is 4.79 Å². The Morgan fingerprint density at radius 2 is 1.70 bits per heavy atom. The lowest BCUT2D eigenvalue weighted by atomic mass is 10.1. The number of fused-ring (bicyclic) bond motifs is 1. The van der Waals surface area contributed by atoms with Crippen LogP contribution in [0.4, 0.5) is 5.69 Å². The fourth-order valence-corrected chi connectivity index (χ4v) is 4.59. The standard InChI is InChI=1S/C27H29N3O3/c1-19-8-10-21(11-9-19)18-30-23-16-20(2)33-26(23)17-24(30)27(31)29-14-12-28(13-15-29)22-6-4-5-7-25(22)32-3/h4-11,16-17H,12-15,18H2,1-3H3. The molecule has 1 saturated heterocycles. The van der Waals surface area contributed by atoms with Gasteiger partial charge in [0.1, 0.15) is 17.2 Å². The van der Waals surface area contributed by atoms with Crippen LogP contribution in [0.15, 0.2) is 65.1 Å². The number of rotatable bonds is 5. The van der Waals surface area contributed by atoms with Gasteiger partial charge in [-0.15, -0.1) is 0 Å². The van der Waals surface area contributed by atoms with Crippen LogP contribution in [-0.4, -0.2) is 48.7 Å². The van der Waals surface area contributed by atoms with Gasteiger partial charge in [0.05, 0.1) is 18.3 Å². The predicted molar refractivity (Wildman–Crippen MR) is 130 cm³/mol. The minimum atomic E-state index is 0.0471. The first-order chi connectivity index (χ1) is 16.0. The minimum Gasteiger partial charge on any atom is -0.495 e. The summed E-state index contributed by atoms with van der Waals surface area (Å²) >= 11 is 0. The molecule has 4 aromatic rings. The van der Waals surface area contributed by atoms with E-state index in [0.717, 1.165) is 46.9 Å². The van der Waals surface area contributed by atoms with Gasteiger partial charge < -0.3 is 23.5 Å². The van der Waals surface area contributed by atoms with Crippen molar-refractivity contribution >= 4 is 22.7 Å². The summed E-state index contributed by atoms with van der Waals surface area (Å²) in [5.74, 6) is 1.76. The maximum atomic E-state index is 13.6. The Labute approximate surface area is 194 Å². The Bertz CT molecular complexity index is 1280. The number of hydrogen-bond donors (Lipinski definition) is 0. The number of para-hydroxylation sites is 2. The topological polar surface area (TPSA) is 50.9 Å². The van der Waals surface area contributed by atoms with Gasteiger partial charge in [0, 0.05) is 44.9 Å². The summed E-state index contributed by atoms with van der Waals surface area (Å²) in [6.07, 6.45) is 0. The third kappa shape index (κ3) is 4.09.